The van der Waals surface area contributed by atoms with Crippen LogP contribution in [0, 0.1) is 11.8 Å². The minimum Gasteiger partial charge on any atom is -0.389 e. The number of hydrogen-bond donors (Lipinski definition) is 1. The molecule has 0 aromatic heterocycles. The van der Waals surface area contributed by atoms with Gasteiger partial charge in [-0.25, -0.2) is 0 Å². The predicted molar refractivity (Wildman–Crippen MR) is 49.9 cm³/mol. The first-order valence-electron chi connectivity index (χ1n) is 5.46. The van der Waals surface area contributed by atoms with Gasteiger partial charge >= 0.3 is 0 Å². The average molecular weight is 168 g/mol. The first kappa shape index (κ1) is 8.55. The zero-order valence-corrected chi connectivity index (χ0v) is 8.05. The van der Waals surface area contributed by atoms with Gasteiger partial charge < -0.3 is 5.11 Å². The van der Waals surface area contributed by atoms with Crippen LogP contribution in [0.15, 0.2) is 0 Å². The number of hydrogen-bond acceptors (Lipinski definition) is 1. The van der Waals surface area contributed by atoms with Crippen LogP contribution >= 0.6 is 0 Å². The molecule has 3 atom stereocenters. The summed E-state index contributed by atoms with van der Waals surface area (Å²) in [6, 6.07) is 0. The van der Waals surface area contributed by atoms with Crippen molar-refractivity contribution in [1.82, 2.24) is 0 Å². The SMILES string of the molecule is CC1CCC[C@H]2CCCC[C@]12O. The standard InChI is InChI=1S/C11H20O/c1-9-5-4-7-10-6-2-3-8-11(9,10)12/h9-10,12H,2-8H2,1H3/t9?,10-,11+/m1/s1. The van der Waals surface area contributed by atoms with Crippen LogP contribution < -0.4 is 0 Å². The summed E-state index contributed by atoms with van der Waals surface area (Å²) < 4.78 is 0. The van der Waals surface area contributed by atoms with Crippen LogP contribution in [0.5, 0.6) is 0 Å². The van der Waals surface area contributed by atoms with E-state index < -0.39 is 0 Å². The van der Waals surface area contributed by atoms with Gasteiger partial charge in [0.25, 0.3) is 0 Å². The second-order valence-corrected chi connectivity index (χ2v) is 4.77. The van der Waals surface area contributed by atoms with Gasteiger partial charge in [-0.3, -0.25) is 0 Å². The lowest BCUT2D eigenvalue weighted by Crippen LogP contribution is -2.48. The number of rotatable bonds is 0. The summed E-state index contributed by atoms with van der Waals surface area (Å²) in [6.07, 6.45) is 8.80. The van der Waals surface area contributed by atoms with Crippen molar-refractivity contribution in [3.8, 4) is 0 Å². The summed E-state index contributed by atoms with van der Waals surface area (Å²) in [5.41, 5.74) is -0.267. The average Bonchev–Trinajstić information content (AvgIpc) is 2.07. The van der Waals surface area contributed by atoms with Gasteiger partial charge in [-0.1, -0.05) is 26.2 Å². The molecule has 0 aromatic rings. The molecule has 0 aromatic carbocycles. The molecule has 1 N–H and O–H groups in total. The second-order valence-electron chi connectivity index (χ2n) is 4.77. The molecule has 2 aliphatic carbocycles. The van der Waals surface area contributed by atoms with E-state index in [4.69, 9.17) is 0 Å². The highest BCUT2D eigenvalue weighted by atomic mass is 16.3. The molecule has 0 amide bonds. The molecule has 1 nitrogen and oxygen atoms in total. The van der Waals surface area contributed by atoms with E-state index >= 15 is 0 Å². The molecule has 0 spiro atoms. The molecule has 70 valence electrons. The smallest absolute Gasteiger partial charge is 0.0701 e. The zero-order valence-electron chi connectivity index (χ0n) is 8.05. The summed E-state index contributed by atoms with van der Waals surface area (Å²) in [5, 5.41) is 10.5. The van der Waals surface area contributed by atoms with Gasteiger partial charge in [0.2, 0.25) is 0 Å². The van der Waals surface area contributed by atoms with E-state index in [1.54, 1.807) is 0 Å². The molecule has 2 saturated carbocycles. The van der Waals surface area contributed by atoms with Crippen molar-refractivity contribution in [2.75, 3.05) is 0 Å². The molecule has 0 bridgehead atoms. The highest BCUT2D eigenvalue weighted by Gasteiger charge is 2.44. The normalized spacial score (nSPS) is 48.5. The Balaban J connectivity index is 2.14. The maximum Gasteiger partial charge on any atom is 0.0701 e. The Labute approximate surface area is 75.2 Å². The first-order chi connectivity index (χ1) is 5.73. The lowest BCUT2D eigenvalue weighted by Gasteiger charge is -2.47. The minimum atomic E-state index is -0.267. The van der Waals surface area contributed by atoms with E-state index in [2.05, 4.69) is 6.92 Å². The van der Waals surface area contributed by atoms with Crippen molar-refractivity contribution in [3.63, 3.8) is 0 Å². The Morgan fingerprint density at radius 1 is 1.08 bits per heavy atom. The van der Waals surface area contributed by atoms with E-state index in [0.29, 0.717) is 11.8 Å². The van der Waals surface area contributed by atoms with Crippen LogP contribution in [0.2, 0.25) is 0 Å². The van der Waals surface area contributed by atoms with Gasteiger partial charge in [0, 0.05) is 0 Å². The lowest BCUT2D eigenvalue weighted by atomic mass is 9.63. The highest BCUT2D eigenvalue weighted by molar-refractivity contribution is 4.96. The van der Waals surface area contributed by atoms with Crippen molar-refractivity contribution in [3.05, 3.63) is 0 Å². The molecule has 0 saturated heterocycles. The number of aliphatic hydroxyl groups is 1. The Morgan fingerprint density at radius 3 is 2.58 bits per heavy atom. The van der Waals surface area contributed by atoms with Crippen molar-refractivity contribution < 1.29 is 5.11 Å². The highest BCUT2D eigenvalue weighted by Crippen LogP contribution is 2.46. The molecule has 2 rings (SSSR count). The summed E-state index contributed by atoms with van der Waals surface area (Å²) >= 11 is 0. The fourth-order valence-corrected chi connectivity index (χ4v) is 3.22. The van der Waals surface area contributed by atoms with Gasteiger partial charge in [-0.05, 0) is 37.5 Å². The summed E-state index contributed by atoms with van der Waals surface area (Å²) in [6.45, 7) is 2.23. The molecule has 2 fully saturated rings. The first-order valence-corrected chi connectivity index (χ1v) is 5.46. The van der Waals surface area contributed by atoms with Crippen LogP contribution in [0.4, 0.5) is 0 Å². The predicted octanol–water partition coefficient (Wildman–Crippen LogP) is 2.73. The van der Waals surface area contributed by atoms with Gasteiger partial charge in [-0.15, -0.1) is 0 Å². The Morgan fingerprint density at radius 2 is 1.83 bits per heavy atom. The largest absolute Gasteiger partial charge is 0.389 e. The Hall–Kier alpha value is -0.0400. The fourth-order valence-electron chi connectivity index (χ4n) is 3.22. The molecule has 0 aliphatic heterocycles. The van der Waals surface area contributed by atoms with Crippen molar-refractivity contribution in [2.45, 2.75) is 57.5 Å². The minimum absolute atomic E-state index is 0.267. The van der Waals surface area contributed by atoms with E-state index in [-0.39, 0.29) is 5.60 Å². The molecule has 2 aliphatic rings. The third kappa shape index (κ3) is 1.19. The van der Waals surface area contributed by atoms with Crippen molar-refractivity contribution in [2.24, 2.45) is 11.8 Å². The number of fused-ring (bicyclic) bond motifs is 1. The third-order valence-corrected chi connectivity index (χ3v) is 4.13. The van der Waals surface area contributed by atoms with E-state index in [0.717, 1.165) is 6.42 Å². The molecular formula is C11H20O. The maximum atomic E-state index is 10.5. The van der Waals surface area contributed by atoms with Crippen molar-refractivity contribution in [1.29, 1.82) is 0 Å². The van der Waals surface area contributed by atoms with Gasteiger partial charge in [0.1, 0.15) is 0 Å². The van der Waals surface area contributed by atoms with Gasteiger partial charge in [-0.2, -0.15) is 0 Å². The van der Waals surface area contributed by atoms with Gasteiger partial charge in [0.15, 0.2) is 0 Å². The van der Waals surface area contributed by atoms with Crippen molar-refractivity contribution >= 4 is 0 Å². The van der Waals surface area contributed by atoms with E-state index in [1.165, 1.54) is 38.5 Å². The topological polar surface area (TPSA) is 20.2 Å². The molecule has 1 heteroatoms. The van der Waals surface area contributed by atoms with Crippen LogP contribution in [0.3, 0.4) is 0 Å². The van der Waals surface area contributed by atoms with Crippen LogP contribution in [-0.2, 0) is 0 Å². The monoisotopic (exact) mass is 168 g/mol. The van der Waals surface area contributed by atoms with Crippen LogP contribution in [0.25, 0.3) is 0 Å². The molecule has 12 heavy (non-hydrogen) atoms. The summed E-state index contributed by atoms with van der Waals surface area (Å²) in [4.78, 5) is 0. The summed E-state index contributed by atoms with van der Waals surface area (Å²) in [5.74, 6) is 1.19. The summed E-state index contributed by atoms with van der Waals surface area (Å²) in [7, 11) is 0. The fraction of sp³-hybridized carbons (Fsp3) is 1.00. The molecule has 1 unspecified atom stereocenters. The second kappa shape index (κ2) is 3.02. The van der Waals surface area contributed by atoms with E-state index in [1.807, 2.05) is 0 Å². The quantitative estimate of drug-likeness (QED) is 0.589. The van der Waals surface area contributed by atoms with Crippen LogP contribution in [-0.4, -0.2) is 10.7 Å². The Bertz CT molecular complexity index is 164. The zero-order chi connectivity index (χ0) is 8.60. The molecule has 0 radical (unpaired) electrons. The van der Waals surface area contributed by atoms with Gasteiger partial charge in [0.05, 0.1) is 5.60 Å². The molecule has 0 heterocycles. The lowest BCUT2D eigenvalue weighted by molar-refractivity contribution is -0.112. The third-order valence-electron chi connectivity index (χ3n) is 4.13. The van der Waals surface area contributed by atoms with E-state index in [9.17, 15) is 5.11 Å². The maximum absolute atomic E-state index is 10.5. The Kier molecular flexibility index (Phi) is 2.16. The van der Waals surface area contributed by atoms with Crippen LogP contribution in [0.1, 0.15) is 51.9 Å². The molecular weight excluding hydrogens is 148 g/mol.